The van der Waals surface area contributed by atoms with Crippen LogP contribution in [-0.2, 0) is 0 Å². The number of hydrogen-bond donors (Lipinski definition) is 2. The Morgan fingerprint density at radius 1 is 1.44 bits per heavy atom. The number of rotatable bonds is 6. The average molecular weight is 248 g/mol. The van der Waals surface area contributed by atoms with Gasteiger partial charge in [0, 0.05) is 6.54 Å². The SMILES string of the molecule is CCCCCNc1ccc2nc(C(=O)O)cn2n1. The molecule has 0 fully saturated rings. The van der Waals surface area contributed by atoms with Crippen molar-refractivity contribution in [1.29, 1.82) is 0 Å². The first-order valence-corrected chi connectivity index (χ1v) is 6.04. The third-order valence-corrected chi connectivity index (χ3v) is 2.63. The summed E-state index contributed by atoms with van der Waals surface area (Å²) in [6.07, 6.45) is 4.87. The maximum atomic E-state index is 10.8. The second kappa shape index (κ2) is 5.48. The highest BCUT2D eigenvalue weighted by Crippen LogP contribution is 2.08. The maximum Gasteiger partial charge on any atom is 0.356 e. The van der Waals surface area contributed by atoms with Crippen molar-refractivity contribution in [3.05, 3.63) is 24.0 Å². The second-order valence-corrected chi connectivity index (χ2v) is 4.09. The monoisotopic (exact) mass is 248 g/mol. The lowest BCUT2D eigenvalue weighted by Crippen LogP contribution is -2.05. The van der Waals surface area contributed by atoms with Crippen LogP contribution in [-0.4, -0.2) is 32.2 Å². The van der Waals surface area contributed by atoms with Crippen LogP contribution in [0.5, 0.6) is 0 Å². The van der Waals surface area contributed by atoms with Crippen LogP contribution >= 0.6 is 0 Å². The Morgan fingerprint density at radius 3 is 3.00 bits per heavy atom. The van der Waals surface area contributed by atoms with Crippen molar-refractivity contribution in [3.63, 3.8) is 0 Å². The Kier molecular flexibility index (Phi) is 3.76. The quantitative estimate of drug-likeness (QED) is 0.764. The molecule has 0 aliphatic heterocycles. The Balaban J connectivity index is 2.09. The summed E-state index contributed by atoms with van der Waals surface area (Å²) in [5.41, 5.74) is 0.539. The summed E-state index contributed by atoms with van der Waals surface area (Å²) >= 11 is 0. The van der Waals surface area contributed by atoms with Crippen LogP contribution in [0.2, 0.25) is 0 Å². The number of imidazole rings is 1. The molecule has 0 bridgehead atoms. The van der Waals surface area contributed by atoms with Gasteiger partial charge in [-0.3, -0.25) is 0 Å². The van der Waals surface area contributed by atoms with E-state index in [1.54, 1.807) is 12.1 Å². The van der Waals surface area contributed by atoms with Crippen molar-refractivity contribution in [1.82, 2.24) is 14.6 Å². The van der Waals surface area contributed by atoms with E-state index in [-0.39, 0.29) is 5.69 Å². The Hall–Kier alpha value is -2.11. The van der Waals surface area contributed by atoms with Gasteiger partial charge in [0.1, 0.15) is 5.82 Å². The van der Waals surface area contributed by atoms with Crippen molar-refractivity contribution in [2.45, 2.75) is 26.2 Å². The molecular weight excluding hydrogens is 232 g/mol. The summed E-state index contributed by atoms with van der Waals surface area (Å²) in [7, 11) is 0. The number of nitrogens with one attached hydrogen (secondary N) is 1. The molecule has 18 heavy (non-hydrogen) atoms. The number of nitrogens with zero attached hydrogens (tertiary/aromatic N) is 3. The van der Waals surface area contributed by atoms with E-state index in [9.17, 15) is 4.79 Å². The number of unbranched alkanes of at least 4 members (excludes halogenated alkanes) is 2. The van der Waals surface area contributed by atoms with Gasteiger partial charge in [0.25, 0.3) is 0 Å². The van der Waals surface area contributed by atoms with Crippen LogP contribution in [0, 0.1) is 0 Å². The minimum atomic E-state index is -1.04. The predicted octanol–water partition coefficient (Wildman–Crippen LogP) is 2.03. The highest BCUT2D eigenvalue weighted by atomic mass is 16.4. The fourth-order valence-electron chi connectivity index (χ4n) is 1.67. The van der Waals surface area contributed by atoms with E-state index in [4.69, 9.17) is 5.11 Å². The zero-order valence-corrected chi connectivity index (χ0v) is 10.3. The molecule has 0 saturated carbocycles. The topological polar surface area (TPSA) is 79.5 Å². The van der Waals surface area contributed by atoms with Gasteiger partial charge in [0.15, 0.2) is 11.3 Å². The summed E-state index contributed by atoms with van der Waals surface area (Å²) in [4.78, 5) is 14.7. The first kappa shape index (κ1) is 12.3. The maximum absolute atomic E-state index is 10.8. The van der Waals surface area contributed by atoms with E-state index in [0.717, 1.165) is 18.8 Å². The number of anilines is 1. The van der Waals surface area contributed by atoms with Gasteiger partial charge in [-0.25, -0.2) is 14.3 Å². The van der Waals surface area contributed by atoms with Crippen molar-refractivity contribution in [2.75, 3.05) is 11.9 Å². The first-order chi connectivity index (χ1) is 8.70. The number of hydrogen-bond acceptors (Lipinski definition) is 4. The second-order valence-electron chi connectivity index (χ2n) is 4.09. The molecule has 0 radical (unpaired) electrons. The minimum absolute atomic E-state index is 0.00522. The molecule has 6 heteroatoms. The summed E-state index contributed by atoms with van der Waals surface area (Å²) in [5.74, 6) is -0.314. The smallest absolute Gasteiger partial charge is 0.356 e. The van der Waals surface area contributed by atoms with E-state index in [1.807, 2.05) is 0 Å². The number of carboxylic acids is 1. The van der Waals surface area contributed by atoms with Crippen molar-refractivity contribution in [2.24, 2.45) is 0 Å². The van der Waals surface area contributed by atoms with Gasteiger partial charge in [0.05, 0.1) is 6.20 Å². The van der Waals surface area contributed by atoms with Gasteiger partial charge < -0.3 is 10.4 Å². The number of carboxylic acid groups (broad SMARTS) is 1. The molecule has 0 atom stereocenters. The zero-order valence-electron chi connectivity index (χ0n) is 10.3. The number of aromatic carboxylic acids is 1. The average Bonchev–Trinajstić information content (AvgIpc) is 2.78. The van der Waals surface area contributed by atoms with Gasteiger partial charge >= 0.3 is 5.97 Å². The number of carbonyl (C=O) groups is 1. The molecule has 2 aromatic rings. The summed E-state index contributed by atoms with van der Waals surface area (Å²) in [6.45, 7) is 3.02. The summed E-state index contributed by atoms with van der Waals surface area (Å²) in [5, 5.41) is 16.3. The van der Waals surface area contributed by atoms with E-state index in [2.05, 4.69) is 22.3 Å². The Bertz CT molecular complexity index is 550. The molecular formula is C12H16N4O2. The van der Waals surface area contributed by atoms with Gasteiger partial charge in [-0.05, 0) is 18.6 Å². The molecule has 6 nitrogen and oxygen atoms in total. The first-order valence-electron chi connectivity index (χ1n) is 6.04. The van der Waals surface area contributed by atoms with Crippen molar-refractivity contribution >= 4 is 17.4 Å². The summed E-state index contributed by atoms with van der Waals surface area (Å²) in [6, 6.07) is 3.56. The molecule has 0 aromatic carbocycles. The van der Waals surface area contributed by atoms with Crippen LogP contribution < -0.4 is 5.32 Å². The van der Waals surface area contributed by atoms with Crippen LogP contribution in [0.3, 0.4) is 0 Å². The molecule has 0 aliphatic carbocycles. The van der Waals surface area contributed by atoms with Crippen LogP contribution in [0.25, 0.3) is 5.65 Å². The molecule has 2 aromatic heterocycles. The van der Waals surface area contributed by atoms with Crippen LogP contribution in [0.4, 0.5) is 5.82 Å². The highest BCUT2D eigenvalue weighted by molar-refractivity contribution is 5.86. The molecule has 2 heterocycles. The third kappa shape index (κ3) is 2.77. The standard InChI is InChI=1S/C12H16N4O2/c1-2-3-4-7-13-10-5-6-11-14-9(12(17)18)8-16(11)15-10/h5-6,8H,2-4,7H2,1H3,(H,13,15)(H,17,18). The lowest BCUT2D eigenvalue weighted by Gasteiger charge is -2.04. The lowest BCUT2D eigenvalue weighted by atomic mass is 10.2. The van der Waals surface area contributed by atoms with Crippen LogP contribution in [0.15, 0.2) is 18.3 Å². The van der Waals surface area contributed by atoms with Crippen molar-refractivity contribution in [3.8, 4) is 0 Å². The van der Waals surface area contributed by atoms with Gasteiger partial charge in [-0.1, -0.05) is 19.8 Å². The molecule has 2 rings (SSSR count). The molecule has 0 unspecified atom stereocenters. The fraction of sp³-hybridized carbons (Fsp3) is 0.417. The highest BCUT2D eigenvalue weighted by Gasteiger charge is 2.09. The van der Waals surface area contributed by atoms with Crippen molar-refractivity contribution < 1.29 is 9.90 Å². The van der Waals surface area contributed by atoms with E-state index >= 15 is 0 Å². The van der Waals surface area contributed by atoms with E-state index in [0.29, 0.717) is 5.65 Å². The third-order valence-electron chi connectivity index (χ3n) is 2.63. The van der Waals surface area contributed by atoms with E-state index in [1.165, 1.54) is 23.6 Å². The number of aromatic nitrogens is 3. The normalized spacial score (nSPS) is 10.7. The zero-order chi connectivity index (χ0) is 13.0. The minimum Gasteiger partial charge on any atom is -0.476 e. The Labute approximate surface area is 105 Å². The molecule has 0 saturated heterocycles. The predicted molar refractivity (Wildman–Crippen MR) is 68.0 cm³/mol. The van der Waals surface area contributed by atoms with Gasteiger partial charge in [-0.15, -0.1) is 5.10 Å². The summed E-state index contributed by atoms with van der Waals surface area (Å²) < 4.78 is 1.48. The largest absolute Gasteiger partial charge is 0.476 e. The molecule has 0 aliphatic rings. The molecule has 0 spiro atoms. The molecule has 96 valence electrons. The number of fused-ring (bicyclic) bond motifs is 1. The van der Waals surface area contributed by atoms with Crippen LogP contribution in [0.1, 0.15) is 36.7 Å². The lowest BCUT2D eigenvalue weighted by molar-refractivity contribution is 0.0691. The Morgan fingerprint density at radius 2 is 2.28 bits per heavy atom. The molecule has 0 amide bonds. The van der Waals surface area contributed by atoms with Gasteiger partial charge in [0.2, 0.25) is 0 Å². The molecule has 2 N–H and O–H groups in total. The van der Waals surface area contributed by atoms with E-state index < -0.39 is 5.97 Å². The fourth-order valence-corrected chi connectivity index (χ4v) is 1.67. The van der Waals surface area contributed by atoms with Gasteiger partial charge in [-0.2, -0.15) is 0 Å².